The Hall–Kier alpha value is -1.55. The van der Waals surface area contributed by atoms with Crippen LogP contribution in [0.1, 0.15) is 29.6 Å². The van der Waals surface area contributed by atoms with Crippen molar-refractivity contribution in [3.63, 3.8) is 0 Å². The zero-order valence-electron chi connectivity index (χ0n) is 11.4. The highest BCUT2D eigenvalue weighted by atomic mass is 16.5. The van der Waals surface area contributed by atoms with Crippen molar-refractivity contribution in [2.45, 2.75) is 19.3 Å². The van der Waals surface area contributed by atoms with Gasteiger partial charge in [-0.1, -0.05) is 18.6 Å². The van der Waals surface area contributed by atoms with Gasteiger partial charge in [-0.25, -0.2) is 0 Å². The number of hydrogen-bond donors (Lipinski definition) is 2. The summed E-state index contributed by atoms with van der Waals surface area (Å²) < 4.78 is 5.20. The van der Waals surface area contributed by atoms with Gasteiger partial charge in [0.15, 0.2) is 0 Å². The summed E-state index contributed by atoms with van der Waals surface area (Å²) in [5.41, 5.74) is 6.34. The van der Waals surface area contributed by atoms with Crippen LogP contribution in [0.5, 0.6) is 5.75 Å². The van der Waals surface area contributed by atoms with E-state index < -0.39 is 0 Å². The van der Waals surface area contributed by atoms with Crippen LogP contribution in [0.15, 0.2) is 24.3 Å². The molecule has 0 aliphatic heterocycles. The summed E-state index contributed by atoms with van der Waals surface area (Å²) >= 11 is 0. The van der Waals surface area contributed by atoms with E-state index in [1.807, 2.05) is 12.1 Å². The lowest BCUT2D eigenvalue weighted by atomic mass is 9.96. The third-order valence-electron chi connectivity index (χ3n) is 4.00. The Kier molecular flexibility index (Phi) is 4.80. The summed E-state index contributed by atoms with van der Waals surface area (Å²) in [6.45, 7) is 1.42. The van der Waals surface area contributed by atoms with Crippen molar-refractivity contribution in [3.05, 3.63) is 29.8 Å². The van der Waals surface area contributed by atoms with Crippen LogP contribution < -0.4 is 15.8 Å². The third kappa shape index (κ3) is 3.26. The average molecular weight is 262 g/mol. The molecule has 1 aromatic rings. The molecule has 2 rings (SSSR count). The van der Waals surface area contributed by atoms with Crippen molar-refractivity contribution < 1.29 is 9.53 Å². The van der Waals surface area contributed by atoms with E-state index in [4.69, 9.17) is 10.5 Å². The van der Waals surface area contributed by atoms with Crippen molar-refractivity contribution in [2.75, 3.05) is 20.2 Å². The van der Waals surface area contributed by atoms with Crippen molar-refractivity contribution in [2.24, 2.45) is 17.6 Å². The molecule has 1 amide bonds. The fourth-order valence-electron chi connectivity index (χ4n) is 2.84. The van der Waals surface area contributed by atoms with Crippen LogP contribution in [-0.2, 0) is 0 Å². The Morgan fingerprint density at radius 1 is 1.37 bits per heavy atom. The first-order chi connectivity index (χ1) is 9.26. The standard InChI is InChI=1S/C15H22N2O2/c1-19-14-8-3-2-7-13(14)15(18)17-10-12-6-4-5-11(12)9-16/h2-3,7-8,11-12H,4-6,9-10,16H2,1H3,(H,17,18). The zero-order chi connectivity index (χ0) is 13.7. The first-order valence-electron chi connectivity index (χ1n) is 6.87. The highest BCUT2D eigenvalue weighted by Crippen LogP contribution is 2.30. The van der Waals surface area contributed by atoms with E-state index >= 15 is 0 Å². The molecule has 0 aromatic heterocycles. The van der Waals surface area contributed by atoms with E-state index in [0.29, 0.717) is 29.7 Å². The van der Waals surface area contributed by atoms with Gasteiger partial charge in [0.2, 0.25) is 0 Å². The lowest BCUT2D eigenvalue weighted by Gasteiger charge is -2.18. The van der Waals surface area contributed by atoms with E-state index in [0.717, 1.165) is 13.0 Å². The largest absolute Gasteiger partial charge is 0.496 e. The maximum absolute atomic E-state index is 12.2. The van der Waals surface area contributed by atoms with Crippen molar-refractivity contribution >= 4 is 5.91 Å². The zero-order valence-corrected chi connectivity index (χ0v) is 11.4. The van der Waals surface area contributed by atoms with Gasteiger partial charge in [-0.05, 0) is 43.4 Å². The molecule has 0 radical (unpaired) electrons. The molecule has 2 atom stereocenters. The van der Waals surface area contributed by atoms with Crippen LogP contribution in [0.4, 0.5) is 0 Å². The minimum absolute atomic E-state index is 0.0693. The molecular formula is C15H22N2O2. The minimum Gasteiger partial charge on any atom is -0.496 e. The number of ether oxygens (including phenoxy) is 1. The number of nitrogens with two attached hydrogens (primary N) is 1. The molecule has 1 saturated carbocycles. The molecule has 0 heterocycles. The molecule has 1 aromatic carbocycles. The van der Waals surface area contributed by atoms with E-state index in [-0.39, 0.29) is 5.91 Å². The lowest BCUT2D eigenvalue weighted by Crippen LogP contribution is -2.33. The van der Waals surface area contributed by atoms with Crippen LogP contribution in [0.3, 0.4) is 0 Å². The van der Waals surface area contributed by atoms with Crippen LogP contribution in [0, 0.1) is 11.8 Å². The number of nitrogens with one attached hydrogen (secondary N) is 1. The molecule has 1 aliphatic carbocycles. The van der Waals surface area contributed by atoms with Gasteiger partial charge in [0.05, 0.1) is 12.7 Å². The molecule has 104 valence electrons. The molecule has 4 heteroatoms. The average Bonchev–Trinajstić information content (AvgIpc) is 2.92. The van der Waals surface area contributed by atoms with Crippen molar-refractivity contribution in [3.8, 4) is 5.75 Å². The van der Waals surface area contributed by atoms with E-state index in [1.54, 1.807) is 19.2 Å². The predicted molar refractivity (Wildman–Crippen MR) is 75.2 cm³/mol. The predicted octanol–water partition coefficient (Wildman–Crippen LogP) is 1.80. The molecule has 0 saturated heterocycles. The number of amides is 1. The van der Waals surface area contributed by atoms with Gasteiger partial charge >= 0.3 is 0 Å². The third-order valence-corrected chi connectivity index (χ3v) is 4.00. The highest BCUT2D eigenvalue weighted by Gasteiger charge is 2.26. The second kappa shape index (κ2) is 6.57. The second-order valence-electron chi connectivity index (χ2n) is 5.10. The first kappa shape index (κ1) is 13.9. The second-order valence-corrected chi connectivity index (χ2v) is 5.10. The van der Waals surface area contributed by atoms with E-state index in [1.165, 1.54) is 12.8 Å². The Balaban J connectivity index is 1.94. The summed E-state index contributed by atoms with van der Waals surface area (Å²) in [4.78, 5) is 12.2. The Morgan fingerprint density at radius 2 is 2.11 bits per heavy atom. The summed E-state index contributed by atoms with van der Waals surface area (Å²) in [7, 11) is 1.58. The topological polar surface area (TPSA) is 64.3 Å². The monoisotopic (exact) mass is 262 g/mol. The van der Waals surface area contributed by atoms with Crippen LogP contribution in [-0.4, -0.2) is 26.1 Å². The van der Waals surface area contributed by atoms with Crippen LogP contribution in [0.2, 0.25) is 0 Å². The van der Waals surface area contributed by atoms with E-state index in [9.17, 15) is 4.79 Å². The molecule has 0 bridgehead atoms. The Labute approximate surface area is 114 Å². The van der Waals surface area contributed by atoms with Gasteiger partial charge in [-0.15, -0.1) is 0 Å². The van der Waals surface area contributed by atoms with Crippen LogP contribution >= 0.6 is 0 Å². The summed E-state index contributed by atoms with van der Waals surface area (Å²) in [6, 6.07) is 7.28. The molecule has 4 nitrogen and oxygen atoms in total. The number of carbonyl (C=O) groups is 1. The number of para-hydroxylation sites is 1. The SMILES string of the molecule is COc1ccccc1C(=O)NCC1CCCC1CN. The molecule has 1 aliphatic rings. The van der Waals surface area contributed by atoms with Gasteiger partial charge in [0.25, 0.3) is 5.91 Å². The molecule has 19 heavy (non-hydrogen) atoms. The summed E-state index contributed by atoms with van der Waals surface area (Å²) in [5.74, 6) is 1.61. The number of methoxy groups -OCH3 is 1. The minimum atomic E-state index is -0.0693. The molecule has 3 N–H and O–H groups in total. The molecule has 2 unspecified atom stereocenters. The first-order valence-corrected chi connectivity index (χ1v) is 6.87. The number of carbonyl (C=O) groups excluding carboxylic acids is 1. The molecule has 0 spiro atoms. The fraction of sp³-hybridized carbons (Fsp3) is 0.533. The van der Waals surface area contributed by atoms with Gasteiger partial charge in [0.1, 0.15) is 5.75 Å². The summed E-state index contributed by atoms with van der Waals surface area (Å²) in [6.07, 6.45) is 3.57. The van der Waals surface area contributed by atoms with Gasteiger partial charge in [-0.2, -0.15) is 0 Å². The lowest BCUT2D eigenvalue weighted by molar-refractivity contribution is 0.0941. The Bertz CT molecular complexity index is 434. The molecular weight excluding hydrogens is 240 g/mol. The van der Waals surface area contributed by atoms with Gasteiger partial charge in [0, 0.05) is 6.54 Å². The quantitative estimate of drug-likeness (QED) is 0.850. The number of benzene rings is 1. The van der Waals surface area contributed by atoms with Crippen molar-refractivity contribution in [1.29, 1.82) is 0 Å². The van der Waals surface area contributed by atoms with Crippen molar-refractivity contribution in [1.82, 2.24) is 5.32 Å². The van der Waals surface area contributed by atoms with Gasteiger partial charge < -0.3 is 15.8 Å². The fourth-order valence-corrected chi connectivity index (χ4v) is 2.84. The number of hydrogen-bond acceptors (Lipinski definition) is 3. The molecule has 1 fully saturated rings. The Morgan fingerprint density at radius 3 is 2.84 bits per heavy atom. The normalized spacial score (nSPS) is 22.2. The van der Waals surface area contributed by atoms with E-state index in [2.05, 4.69) is 5.32 Å². The summed E-state index contributed by atoms with van der Waals surface area (Å²) in [5, 5.41) is 3.01. The maximum atomic E-state index is 12.2. The highest BCUT2D eigenvalue weighted by molar-refractivity contribution is 5.96. The van der Waals surface area contributed by atoms with Gasteiger partial charge in [-0.3, -0.25) is 4.79 Å². The maximum Gasteiger partial charge on any atom is 0.255 e. The smallest absolute Gasteiger partial charge is 0.255 e. The number of rotatable bonds is 5. The van der Waals surface area contributed by atoms with Crippen LogP contribution in [0.25, 0.3) is 0 Å².